The molecule has 1 heteroatoms. The third kappa shape index (κ3) is 2.51. The van der Waals surface area contributed by atoms with Gasteiger partial charge in [-0.15, -0.1) is 0 Å². The van der Waals surface area contributed by atoms with Crippen molar-refractivity contribution in [2.45, 2.75) is 39.2 Å². The summed E-state index contributed by atoms with van der Waals surface area (Å²) < 4.78 is 0. The Kier molecular flexibility index (Phi) is 4.24. The van der Waals surface area contributed by atoms with Gasteiger partial charge in [-0.2, -0.15) is 0 Å². The maximum Gasteiger partial charge on any atom is 0.0269 e. The zero-order valence-electron chi connectivity index (χ0n) is 6.07. The molecule has 0 aliphatic carbocycles. The summed E-state index contributed by atoms with van der Waals surface area (Å²) in [4.78, 5) is 0. The van der Waals surface area contributed by atoms with Gasteiger partial charge in [0.05, 0.1) is 0 Å². The second kappa shape index (κ2) is 4.13. The number of hydrogen-bond donors (Lipinski definition) is 0. The van der Waals surface area contributed by atoms with Crippen LogP contribution in [-0.4, -0.2) is 10.2 Å². The summed E-state index contributed by atoms with van der Waals surface area (Å²) in [5, 5.41) is 0. The van der Waals surface area contributed by atoms with Crippen molar-refractivity contribution >= 4 is 10.2 Å². The van der Waals surface area contributed by atoms with Crippen LogP contribution >= 0.6 is 0 Å². The molecule has 0 aromatic carbocycles. The molecule has 0 N–H and O–H groups in total. The molecule has 47 valence electrons. The molecule has 3 radical (unpaired) electrons. The van der Waals surface area contributed by atoms with Crippen LogP contribution in [0.1, 0.15) is 33.6 Å². The smallest absolute Gasteiger partial charge is 0.0269 e. The Bertz CT molecular complexity index is 44.3. The maximum absolute atomic E-state index is 3.65. The van der Waals surface area contributed by atoms with Crippen molar-refractivity contribution < 1.29 is 0 Å². The van der Waals surface area contributed by atoms with Crippen LogP contribution in [0.5, 0.6) is 0 Å². The van der Waals surface area contributed by atoms with Gasteiger partial charge in [-0.3, -0.25) is 0 Å². The molecule has 0 amide bonds. The van der Waals surface area contributed by atoms with E-state index in [9.17, 15) is 0 Å². The van der Waals surface area contributed by atoms with Crippen molar-refractivity contribution in [3.05, 3.63) is 0 Å². The first-order valence-electron chi connectivity index (χ1n) is 3.43. The molecular weight excluding hydrogens is 112 g/mol. The van der Waals surface area contributed by atoms with Crippen LogP contribution in [0.15, 0.2) is 0 Å². The fraction of sp³-hybridized carbons (Fsp3) is 1.00. The maximum atomic E-state index is 3.65. The predicted molar refractivity (Wildman–Crippen MR) is 39.2 cm³/mol. The largest absolute Gasteiger partial charge is 0.0654 e. The van der Waals surface area contributed by atoms with E-state index in [4.69, 9.17) is 0 Å². The molecule has 0 aliphatic heterocycles. The number of hydrogen-bond acceptors (Lipinski definition) is 0. The topological polar surface area (TPSA) is 0 Å². The molecule has 2 atom stereocenters. The lowest BCUT2D eigenvalue weighted by atomic mass is 10.0. The average molecular weight is 127 g/mol. The molecule has 0 saturated heterocycles. The Morgan fingerprint density at radius 3 is 1.88 bits per heavy atom. The Labute approximate surface area is 56.1 Å². The second-order valence-electron chi connectivity index (χ2n) is 2.40. The molecule has 0 heterocycles. The van der Waals surface area contributed by atoms with Gasteiger partial charge in [0, 0.05) is 10.2 Å². The highest BCUT2D eigenvalue weighted by molar-refractivity contribution is 6.11. The van der Waals surface area contributed by atoms with E-state index < -0.39 is 0 Å². The lowest BCUT2D eigenvalue weighted by molar-refractivity contribution is 0.509. The molecular formula is C7H15Si. The van der Waals surface area contributed by atoms with Crippen LogP contribution in [0, 0.1) is 5.92 Å². The van der Waals surface area contributed by atoms with Gasteiger partial charge in [0.2, 0.25) is 0 Å². The molecule has 0 rings (SSSR count). The summed E-state index contributed by atoms with van der Waals surface area (Å²) in [6.45, 7) is 6.72. The van der Waals surface area contributed by atoms with E-state index in [0.717, 1.165) is 11.5 Å². The minimum absolute atomic E-state index is 0.722. The van der Waals surface area contributed by atoms with E-state index >= 15 is 0 Å². The highest BCUT2D eigenvalue weighted by atomic mass is 28.1. The summed E-state index contributed by atoms with van der Waals surface area (Å²) >= 11 is 0. The van der Waals surface area contributed by atoms with E-state index in [1.807, 2.05) is 0 Å². The Hall–Kier alpha value is 0.217. The van der Waals surface area contributed by atoms with Gasteiger partial charge >= 0.3 is 0 Å². The zero-order valence-corrected chi connectivity index (χ0v) is 7.07. The molecule has 0 bridgehead atoms. The van der Waals surface area contributed by atoms with Crippen molar-refractivity contribution in [1.82, 2.24) is 0 Å². The van der Waals surface area contributed by atoms with Gasteiger partial charge in [-0.1, -0.05) is 39.2 Å². The minimum atomic E-state index is 0.722. The fourth-order valence-electron chi connectivity index (χ4n) is 0.687. The summed E-state index contributed by atoms with van der Waals surface area (Å²) in [5.41, 5.74) is 0.722. The zero-order chi connectivity index (χ0) is 6.57. The van der Waals surface area contributed by atoms with E-state index in [1.165, 1.54) is 12.8 Å². The Morgan fingerprint density at radius 1 is 1.25 bits per heavy atom. The van der Waals surface area contributed by atoms with Crippen molar-refractivity contribution in [2.75, 3.05) is 0 Å². The molecule has 0 spiro atoms. The second-order valence-corrected chi connectivity index (χ2v) is 3.14. The van der Waals surface area contributed by atoms with Crippen LogP contribution in [0.2, 0.25) is 5.54 Å². The first kappa shape index (κ1) is 8.22. The van der Waals surface area contributed by atoms with Gasteiger partial charge in [0.15, 0.2) is 0 Å². The summed E-state index contributed by atoms with van der Waals surface area (Å²) in [5.74, 6) is 0.830. The highest BCUT2D eigenvalue weighted by Gasteiger charge is 2.05. The van der Waals surface area contributed by atoms with Gasteiger partial charge in [-0.25, -0.2) is 0 Å². The van der Waals surface area contributed by atoms with Crippen molar-refractivity contribution in [2.24, 2.45) is 5.92 Å². The molecule has 0 fully saturated rings. The standard InChI is InChI=1S/C7H15Si/c1-4-6(3)7(8)5-2/h6-7H,4-5H2,1-3H3. The van der Waals surface area contributed by atoms with Gasteiger partial charge in [-0.05, 0) is 5.92 Å². The molecule has 0 saturated carbocycles. The van der Waals surface area contributed by atoms with E-state index in [1.54, 1.807) is 0 Å². The van der Waals surface area contributed by atoms with Crippen molar-refractivity contribution in [3.63, 3.8) is 0 Å². The van der Waals surface area contributed by atoms with Crippen molar-refractivity contribution in [1.29, 1.82) is 0 Å². The molecule has 0 aromatic rings. The fourth-order valence-corrected chi connectivity index (χ4v) is 0.923. The first-order chi connectivity index (χ1) is 3.72. The average Bonchev–Trinajstić information content (AvgIpc) is 1.84. The summed E-state index contributed by atoms with van der Waals surface area (Å²) in [7, 11) is 3.65. The quantitative estimate of drug-likeness (QED) is 0.511. The van der Waals surface area contributed by atoms with Crippen molar-refractivity contribution in [3.8, 4) is 0 Å². The Morgan fingerprint density at radius 2 is 1.75 bits per heavy atom. The van der Waals surface area contributed by atoms with Crippen LogP contribution in [0.3, 0.4) is 0 Å². The predicted octanol–water partition coefficient (Wildman–Crippen LogP) is 2.40. The van der Waals surface area contributed by atoms with Crippen LogP contribution in [-0.2, 0) is 0 Å². The van der Waals surface area contributed by atoms with Crippen LogP contribution < -0.4 is 0 Å². The van der Waals surface area contributed by atoms with Crippen LogP contribution in [0.4, 0.5) is 0 Å². The molecule has 0 aliphatic rings. The molecule has 8 heavy (non-hydrogen) atoms. The summed E-state index contributed by atoms with van der Waals surface area (Å²) in [6, 6.07) is 0. The minimum Gasteiger partial charge on any atom is -0.0654 e. The third-order valence-electron chi connectivity index (χ3n) is 1.77. The van der Waals surface area contributed by atoms with Gasteiger partial charge < -0.3 is 0 Å². The normalized spacial score (nSPS) is 18.0. The molecule has 0 aromatic heterocycles. The lowest BCUT2D eigenvalue weighted by Gasteiger charge is -2.14. The Balaban J connectivity index is 3.29. The van der Waals surface area contributed by atoms with E-state index in [-0.39, 0.29) is 0 Å². The van der Waals surface area contributed by atoms with Gasteiger partial charge in [0.25, 0.3) is 0 Å². The lowest BCUT2D eigenvalue weighted by Crippen LogP contribution is -2.02. The first-order valence-corrected chi connectivity index (χ1v) is 4.01. The van der Waals surface area contributed by atoms with Crippen LogP contribution in [0.25, 0.3) is 0 Å². The molecule has 2 unspecified atom stereocenters. The number of rotatable bonds is 3. The SMILES string of the molecule is CCC(C)C([Si])CC. The monoisotopic (exact) mass is 127 g/mol. The summed E-state index contributed by atoms with van der Waals surface area (Å²) in [6.07, 6.45) is 2.52. The van der Waals surface area contributed by atoms with Gasteiger partial charge in [0.1, 0.15) is 0 Å². The van der Waals surface area contributed by atoms with E-state index in [0.29, 0.717) is 0 Å². The molecule has 0 nitrogen and oxygen atoms in total. The third-order valence-corrected chi connectivity index (χ3v) is 2.75. The van der Waals surface area contributed by atoms with E-state index in [2.05, 4.69) is 31.0 Å². The highest BCUT2D eigenvalue weighted by Crippen LogP contribution is 2.19.